The van der Waals surface area contributed by atoms with Gasteiger partial charge in [-0.2, -0.15) is 0 Å². The third-order valence-corrected chi connectivity index (χ3v) is 4.72. The average Bonchev–Trinajstić information content (AvgIpc) is 2.93. The van der Waals surface area contributed by atoms with Crippen molar-refractivity contribution in [3.63, 3.8) is 0 Å². The van der Waals surface area contributed by atoms with Crippen LogP contribution in [0, 0.1) is 11.7 Å². The summed E-state index contributed by atoms with van der Waals surface area (Å²) < 4.78 is 13.4. The summed E-state index contributed by atoms with van der Waals surface area (Å²) in [7, 11) is 0. The van der Waals surface area contributed by atoms with Crippen LogP contribution in [0.4, 0.5) is 10.2 Å². The number of aromatic amines is 1. The summed E-state index contributed by atoms with van der Waals surface area (Å²) in [5.41, 5.74) is 1.30. The number of hydrogen-bond acceptors (Lipinski definition) is 4. The van der Waals surface area contributed by atoms with Crippen LogP contribution in [0.3, 0.4) is 0 Å². The highest BCUT2D eigenvalue weighted by Gasteiger charge is 2.27. The SMILES string of the molecule is O=C(O)[C@@H]1CCC[C@H](Nc2ncnc3[nH]c4cc(F)ccc4c23)C1. The van der Waals surface area contributed by atoms with Crippen LogP contribution < -0.4 is 5.32 Å². The Morgan fingerprint density at radius 1 is 1.33 bits per heavy atom. The van der Waals surface area contributed by atoms with Crippen LogP contribution in [-0.2, 0) is 4.79 Å². The molecule has 2 aromatic heterocycles. The van der Waals surface area contributed by atoms with Crippen molar-refractivity contribution in [2.45, 2.75) is 31.7 Å². The van der Waals surface area contributed by atoms with E-state index < -0.39 is 5.97 Å². The van der Waals surface area contributed by atoms with Crippen LogP contribution in [0.2, 0.25) is 0 Å². The van der Waals surface area contributed by atoms with Crippen molar-refractivity contribution in [3.8, 4) is 0 Å². The number of carbonyl (C=O) groups is 1. The highest BCUT2D eigenvalue weighted by molar-refractivity contribution is 6.11. The number of carboxylic acids is 1. The molecule has 0 unspecified atom stereocenters. The predicted molar refractivity (Wildman–Crippen MR) is 88.4 cm³/mol. The Bertz CT molecular complexity index is 923. The zero-order chi connectivity index (χ0) is 16.7. The zero-order valence-electron chi connectivity index (χ0n) is 12.9. The molecule has 1 saturated carbocycles. The summed E-state index contributed by atoms with van der Waals surface area (Å²) in [5, 5.41) is 14.3. The van der Waals surface area contributed by atoms with Crippen LogP contribution in [0.1, 0.15) is 25.7 Å². The quantitative estimate of drug-likeness (QED) is 0.686. The number of rotatable bonds is 3. The van der Waals surface area contributed by atoms with Crippen LogP contribution >= 0.6 is 0 Å². The van der Waals surface area contributed by atoms with Crippen LogP contribution in [0.25, 0.3) is 21.9 Å². The fourth-order valence-corrected chi connectivity index (χ4v) is 3.55. The summed E-state index contributed by atoms with van der Waals surface area (Å²) in [6, 6.07) is 4.61. The second kappa shape index (κ2) is 5.74. The maximum atomic E-state index is 13.4. The van der Waals surface area contributed by atoms with Gasteiger partial charge >= 0.3 is 5.97 Å². The fraction of sp³-hybridized carbons (Fsp3) is 0.353. The first-order chi connectivity index (χ1) is 11.6. The zero-order valence-corrected chi connectivity index (χ0v) is 12.9. The molecule has 1 fully saturated rings. The molecule has 4 rings (SSSR count). The molecule has 0 saturated heterocycles. The van der Waals surface area contributed by atoms with Crippen molar-refractivity contribution in [1.29, 1.82) is 0 Å². The van der Waals surface area contributed by atoms with Gasteiger partial charge in [0.1, 0.15) is 23.6 Å². The first-order valence-electron chi connectivity index (χ1n) is 8.03. The third-order valence-electron chi connectivity index (χ3n) is 4.72. The topological polar surface area (TPSA) is 90.9 Å². The van der Waals surface area contributed by atoms with E-state index in [1.807, 2.05) is 0 Å². The monoisotopic (exact) mass is 328 g/mol. The van der Waals surface area contributed by atoms with E-state index in [9.17, 15) is 14.3 Å². The van der Waals surface area contributed by atoms with E-state index in [0.717, 1.165) is 30.0 Å². The number of H-pyrrole nitrogens is 1. The first-order valence-corrected chi connectivity index (χ1v) is 8.03. The number of aliphatic carboxylic acids is 1. The molecule has 1 aliphatic rings. The summed E-state index contributed by atoms with van der Waals surface area (Å²) in [5.74, 6) is -0.704. The molecule has 0 amide bonds. The van der Waals surface area contributed by atoms with E-state index in [-0.39, 0.29) is 17.8 Å². The highest BCUT2D eigenvalue weighted by atomic mass is 19.1. The van der Waals surface area contributed by atoms with Crippen LogP contribution in [0.5, 0.6) is 0 Å². The van der Waals surface area contributed by atoms with Crippen LogP contribution in [-0.4, -0.2) is 32.1 Å². The lowest BCUT2D eigenvalue weighted by Crippen LogP contribution is -2.31. The Balaban J connectivity index is 1.71. The van der Waals surface area contributed by atoms with Gasteiger partial charge in [0.2, 0.25) is 0 Å². The van der Waals surface area contributed by atoms with Gasteiger partial charge in [-0.25, -0.2) is 14.4 Å². The number of nitrogens with zero attached hydrogens (tertiary/aromatic N) is 2. The number of hydrogen-bond donors (Lipinski definition) is 3. The molecular weight excluding hydrogens is 311 g/mol. The summed E-state index contributed by atoms with van der Waals surface area (Å²) in [4.78, 5) is 22.9. The minimum Gasteiger partial charge on any atom is -0.481 e. The second-order valence-corrected chi connectivity index (χ2v) is 6.30. The Hall–Kier alpha value is -2.70. The maximum Gasteiger partial charge on any atom is 0.306 e. The lowest BCUT2D eigenvalue weighted by Gasteiger charge is -2.27. The standard InChI is InChI=1S/C17H17FN4O2/c18-10-4-5-12-13(7-10)22-16-14(12)15(19-8-20-16)21-11-3-1-2-9(6-11)17(23)24/h4-5,7-9,11H,1-3,6H2,(H,23,24)(H2,19,20,21,22)/t9-,11+/m1/s1. The number of halogens is 1. The van der Waals surface area contributed by atoms with E-state index in [2.05, 4.69) is 20.3 Å². The molecular formula is C17H17FN4O2. The molecule has 0 bridgehead atoms. The minimum atomic E-state index is -0.739. The molecule has 6 nitrogen and oxygen atoms in total. The molecule has 3 aromatic rings. The maximum absolute atomic E-state index is 13.4. The lowest BCUT2D eigenvalue weighted by molar-refractivity contribution is -0.142. The van der Waals surface area contributed by atoms with E-state index in [0.29, 0.717) is 23.4 Å². The van der Waals surface area contributed by atoms with Gasteiger partial charge < -0.3 is 15.4 Å². The first kappa shape index (κ1) is 14.9. The summed E-state index contributed by atoms with van der Waals surface area (Å²) in [6.07, 6.45) is 4.54. The Kier molecular flexibility index (Phi) is 3.55. The highest BCUT2D eigenvalue weighted by Crippen LogP contribution is 2.32. The van der Waals surface area contributed by atoms with Crippen molar-refractivity contribution < 1.29 is 14.3 Å². The van der Waals surface area contributed by atoms with Crippen molar-refractivity contribution in [2.24, 2.45) is 5.92 Å². The molecule has 0 aliphatic heterocycles. The summed E-state index contributed by atoms with van der Waals surface area (Å²) >= 11 is 0. The smallest absolute Gasteiger partial charge is 0.306 e. The van der Waals surface area contributed by atoms with Crippen molar-refractivity contribution >= 4 is 33.7 Å². The second-order valence-electron chi connectivity index (χ2n) is 6.30. The third kappa shape index (κ3) is 2.55. The number of benzene rings is 1. The number of aromatic nitrogens is 3. The van der Waals surface area contributed by atoms with E-state index in [1.54, 1.807) is 6.07 Å². The van der Waals surface area contributed by atoms with Crippen LogP contribution in [0.15, 0.2) is 24.5 Å². The van der Waals surface area contributed by atoms with Crippen molar-refractivity contribution in [2.75, 3.05) is 5.32 Å². The number of carboxylic acid groups (broad SMARTS) is 1. The van der Waals surface area contributed by atoms with Gasteiger partial charge in [0.15, 0.2) is 0 Å². The van der Waals surface area contributed by atoms with Gasteiger partial charge in [-0.1, -0.05) is 6.42 Å². The van der Waals surface area contributed by atoms with Crippen molar-refractivity contribution in [3.05, 3.63) is 30.3 Å². The van der Waals surface area contributed by atoms with Crippen molar-refractivity contribution in [1.82, 2.24) is 15.0 Å². The van der Waals surface area contributed by atoms with E-state index in [1.165, 1.54) is 18.5 Å². The molecule has 0 spiro atoms. The molecule has 0 radical (unpaired) electrons. The number of fused-ring (bicyclic) bond motifs is 3. The number of anilines is 1. The van der Waals surface area contributed by atoms with Gasteiger partial charge in [-0.05, 0) is 37.5 Å². The van der Waals surface area contributed by atoms with Gasteiger partial charge in [0.25, 0.3) is 0 Å². The summed E-state index contributed by atoms with van der Waals surface area (Å²) in [6.45, 7) is 0. The van der Waals surface area contributed by atoms with Gasteiger partial charge in [-0.15, -0.1) is 0 Å². The van der Waals surface area contributed by atoms with Gasteiger partial charge in [-0.3, -0.25) is 4.79 Å². The van der Waals surface area contributed by atoms with E-state index in [4.69, 9.17) is 0 Å². The Labute approximate surface area is 137 Å². The Morgan fingerprint density at radius 3 is 3.04 bits per heavy atom. The molecule has 124 valence electrons. The Morgan fingerprint density at radius 2 is 2.21 bits per heavy atom. The average molecular weight is 328 g/mol. The normalized spacial score (nSPS) is 21.2. The van der Waals surface area contributed by atoms with Gasteiger partial charge in [0.05, 0.1) is 16.8 Å². The predicted octanol–water partition coefficient (Wildman–Crippen LogP) is 3.31. The molecule has 2 heterocycles. The number of nitrogens with one attached hydrogen (secondary N) is 2. The largest absolute Gasteiger partial charge is 0.481 e. The molecule has 24 heavy (non-hydrogen) atoms. The fourth-order valence-electron chi connectivity index (χ4n) is 3.55. The molecule has 2 atom stereocenters. The molecule has 1 aliphatic carbocycles. The molecule has 3 N–H and O–H groups in total. The van der Waals surface area contributed by atoms with E-state index >= 15 is 0 Å². The lowest BCUT2D eigenvalue weighted by atomic mass is 9.86. The molecule has 1 aromatic carbocycles. The minimum absolute atomic E-state index is 0.0587. The molecule has 7 heteroatoms. The van der Waals surface area contributed by atoms with Gasteiger partial charge in [0, 0.05) is 11.4 Å².